The third-order valence-corrected chi connectivity index (χ3v) is 3.76. The van der Waals surface area contributed by atoms with Gasteiger partial charge in [0.25, 0.3) is 0 Å². The summed E-state index contributed by atoms with van der Waals surface area (Å²) in [4.78, 5) is 4.54. The molecule has 2 atom stereocenters. The van der Waals surface area contributed by atoms with Crippen molar-refractivity contribution in [2.75, 3.05) is 13.7 Å². The summed E-state index contributed by atoms with van der Waals surface area (Å²) in [6.45, 7) is 3.34. The fourth-order valence-corrected chi connectivity index (χ4v) is 2.85. The molecule has 0 saturated heterocycles. The van der Waals surface area contributed by atoms with E-state index in [4.69, 9.17) is 4.74 Å². The van der Waals surface area contributed by atoms with E-state index in [1.807, 2.05) is 18.3 Å². The van der Waals surface area contributed by atoms with Crippen molar-refractivity contribution < 1.29 is 4.74 Å². The Hall–Kier alpha value is -1.09. The number of hydrogen-bond acceptors (Lipinski definition) is 3. The molecule has 0 aromatic carbocycles. The molecule has 1 aliphatic rings. The van der Waals surface area contributed by atoms with Crippen molar-refractivity contribution in [1.82, 2.24) is 10.3 Å². The number of pyridine rings is 1. The van der Waals surface area contributed by atoms with Gasteiger partial charge in [-0.1, -0.05) is 13.3 Å². The minimum atomic E-state index is 0.546. The Bertz CT molecular complexity index is 367. The van der Waals surface area contributed by atoms with Crippen LogP contribution in [0.15, 0.2) is 18.3 Å². The van der Waals surface area contributed by atoms with E-state index in [-0.39, 0.29) is 0 Å². The second kappa shape index (κ2) is 6.74. The molecule has 0 bridgehead atoms. The second-order valence-corrected chi connectivity index (χ2v) is 5.11. The average molecular weight is 248 g/mol. The first-order chi connectivity index (χ1) is 8.85. The maximum absolute atomic E-state index is 5.43. The van der Waals surface area contributed by atoms with E-state index in [0.717, 1.165) is 18.0 Å². The monoisotopic (exact) mass is 248 g/mol. The van der Waals surface area contributed by atoms with Crippen LogP contribution in [0, 0.1) is 0 Å². The fraction of sp³-hybridized carbons (Fsp3) is 0.667. The van der Waals surface area contributed by atoms with Crippen molar-refractivity contribution in [1.29, 1.82) is 0 Å². The van der Waals surface area contributed by atoms with Crippen molar-refractivity contribution in [3.8, 4) is 5.75 Å². The molecule has 0 spiro atoms. The van der Waals surface area contributed by atoms with Gasteiger partial charge in [-0.15, -0.1) is 0 Å². The van der Waals surface area contributed by atoms with Crippen molar-refractivity contribution in [2.45, 2.75) is 51.0 Å². The zero-order valence-corrected chi connectivity index (χ0v) is 11.5. The standard InChI is InChI=1S/C15H24N2O/c1-3-9-16-13-7-4-6-12(11-13)15-14(18-2)8-5-10-17-15/h5,8,10,12-13,16H,3-4,6-7,9,11H2,1-2H3. The molecular formula is C15H24N2O. The molecule has 3 heteroatoms. The third-order valence-electron chi connectivity index (χ3n) is 3.76. The lowest BCUT2D eigenvalue weighted by molar-refractivity contribution is 0.325. The molecule has 0 radical (unpaired) electrons. The molecule has 18 heavy (non-hydrogen) atoms. The molecule has 0 aliphatic heterocycles. The summed E-state index contributed by atoms with van der Waals surface area (Å²) in [5.74, 6) is 1.49. The van der Waals surface area contributed by atoms with E-state index >= 15 is 0 Å². The van der Waals surface area contributed by atoms with Crippen LogP contribution in [0.1, 0.15) is 50.6 Å². The van der Waals surface area contributed by atoms with Gasteiger partial charge in [-0.25, -0.2) is 0 Å². The Morgan fingerprint density at radius 3 is 3.11 bits per heavy atom. The first kappa shape index (κ1) is 13.3. The normalized spacial score (nSPS) is 23.9. The number of nitrogens with one attached hydrogen (secondary N) is 1. The Morgan fingerprint density at radius 2 is 2.33 bits per heavy atom. The molecule has 1 aromatic heterocycles. The SMILES string of the molecule is CCCNC1CCCC(c2ncccc2OC)C1. The predicted octanol–water partition coefficient (Wildman–Crippen LogP) is 3.12. The number of nitrogens with zero attached hydrogens (tertiary/aromatic N) is 1. The lowest BCUT2D eigenvalue weighted by atomic mass is 9.83. The molecular weight excluding hydrogens is 224 g/mol. The molecule has 100 valence electrons. The highest BCUT2D eigenvalue weighted by Gasteiger charge is 2.25. The molecule has 1 heterocycles. The van der Waals surface area contributed by atoms with E-state index in [1.165, 1.54) is 32.1 Å². The summed E-state index contributed by atoms with van der Waals surface area (Å²) in [5, 5.41) is 3.64. The highest BCUT2D eigenvalue weighted by molar-refractivity contribution is 5.30. The van der Waals surface area contributed by atoms with Crippen LogP contribution in [0.5, 0.6) is 5.75 Å². The van der Waals surface area contributed by atoms with Crippen LogP contribution < -0.4 is 10.1 Å². The third kappa shape index (κ3) is 3.22. The largest absolute Gasteiger partial charge is 0.495 e. The van der Waals surface area contributed by atoms with Crippen LogP contribution in [0.3, 0.4) is 0 Å². The Kier molecular flexibility index (Phi) is 5.00. The Labute approximate surface area is 110 Å². The van der Waals surface area contributed by atoms with Crippen molar-refractivity contribution in [3.05, 3.63) is 24.0 Å². The topological polar surface area (TPSA) is 34.2 Å². The summed E-state index contributed by atoms with van der Waals surface area (Å²) in [7, 11) is 1.73. The van der Waals surface area contributed by atoms with Gasteiger partial charge in [0.05, 0.1) is 12.8 Å². The van der Waals surface area contributed by atoms with E-state index in [0.29, 0.717) is 12.0 Å². The number of aromatic nitrogens is 1. The van der Waals surface area contributed by atoms with Crippen LogP contribution in [0.2, 0.25) is 0 Å². The molecule has 1 N–H and O–H groups in total. The van der Waals surface area contributed by atoms with E-state index in [1.54, 1.807) is 7.11 Å². The molecule has 1 aliphatic carbocycles. The van der Waals surface area contributed by atoms with Crippen LogP contribution in [0.25, 0.3) is 0 Å². The summed E-state index contributed by atoms with van der Waals surface area (Å²) >= 11 is 0. The fourth-order valence-electron chi connectivity index (χ4n) is 2.85. The van der Waals surface area contributed by atoms with Gasteiger partial charge in [0, 0.05) is 18.2 Å². The zero-order chi connectivity index (χ0) is 12.8. The van der Waals surface area contributed by atoms with E-state index in [2.05, 4.69) is 17.2 Å². The highest BCUT2D eigenvalue weighted by Crippen LogP contribution is 2.35. The quantitative estimate of drug-likeness (QED) is 0.869. The molecule has 1 fully saturated rings. The van der Waals surface area contributed by atoms with Gasteiger partial charge < -0.3 is 10.1 Å². The van der Waals surface area contributed by atoms with Gasteiger partial charge in [-0.2, -0.15) is 0 Å². The average Bonchev–Trinajstić information content (AvgIpc) is 2.45. The first-order valence-electron chi connectivity index (χ1n) is 7.07. The van der Waals surface area contributed by atoms with E-state index in [9.17, 15) is 0 Å². The lowest BCUT2D eigenvalue weighted by Gasteiger charge is -2.30. The zero-order valence-electron chi connectivity index (χ0n) is 11.5. The van der Waals surface area contributed by atoms with Gasteiger partial charge in [-0.3, -0.25) is 4.98 Å². The van der Waals surface area contributed by atoms with Gasteiger partial charge in [0.1, 0.15) is 5.75 Å². The molecule has 3 nitrogen and oxygen atoms in total. The van der Waals surface area contributed by atoms with Crippen molar-refractivity contribution in [3.63, 3.8) is 0 Å². The summed E-state index contributed by atoms with van der Waals surface area (Å²) in [6, 6.07) is 4.61. The van der Waals surface area contributed by atoms with E-state index < -0.39 is 0 Å². The minimum absolute atomic E-state index is 0.546. The number of rotatable bonds is 5. The van der Waals surface area contributed by atoms with Crippen molar-refractivity contribution in [2.24, 2.45) is 0 Å². The molecule has 1 aromatic rings. The molecule has 0 amide bonds. The van der Waals surface area contributed by atoms with Crippen LogP contribution in [0.4, 0.5) is 0 Å². The Balaban J connectivity index is 2.03. The summed E-state index contributed by atoms with van der Waals surface area (Å²) in [6.07, 6.45) is 8.08. The van der Waals surface area contributed by atoms with Gasteiger partial charge in [0.2, 0.25) is 0 Å². The van der Waals surface area contributed by atoms with Gasteiger partial charge >= 0.3 is 0 Å². The molecule has 2 unspecified atom stereocenters. The summed E-state index contributed by atoms with van der Waals surface area (Å²) in [5.41, 5.74) is 1.14. The maximum Gasteiger partial charge on any atom is 0.140 e. The Morgan fingerprint density at radius 1 is 1.44 bits per heavy atom. The van der Waals surface area contributed by atoms with Crippen LogP contribution in [-0.2, 0) is 0 Å². The second-order valence-electron chi connectivity index (χ2n) is 5.11. The minimum Gasteiger partial charge on any atom is -0.495 e. The number of ether oxygens (including phenoxy) is 1. The van der Waals surface area contributed by atoms with Crippen LogP contribution >= 0.6 is 0 Å². The smallest absolute Gasteiger partial charge is 0.140 e. The van der Waals surface area contributed by atoms with Gasteiger partial charge in [-0.05, 0) is 44.4 Å². The maximum atomic E-state index is 5.43. The molecule has 1 saturated carbocycles. The molecule has 2 rings (SSSR count). The number of methoxy groups -OCH3 is 1. The summed E-state index contributed by atoms with van der Waals surface area (Å²) < 4.78 is 5.43. The number of hydrogen-bond donors (Lipinski definition) is 1. The lowest BCUT2D eigenvalue weighted by Crippen LogP contribution is -2.34. The first-order valence-corrected chi connectivity index (χ1v) is 7.07. The van der Waals surface area contributed by atoms with Crippen molar-refractivity contribution >= 4 is 0 Å². The van der Waals surface area contributed by atoms with Crippen LogP contribution in [-0.4, -0.2) is 24.7 Å². The highest BCUT2D eigenvalue weighted by atomic mass is 16.5. The predicted molar refractivity (Wildman–Crippen MR) is 74.1 cm³/mol. The van der Waals surface area contributed by atoms with Gasteiger partial charge in [0.15, 0.2) is 0 Å².